The number of piperidine rings is 1. The van der Waals surface area contributed by atoms with Gasteiger partial charge in [0.25, 0.3) is 0 Å². The van der Waals surface area contributed by atoms with Gasteiger partial charge in [-0.25, -0.2) is 0 Å². The molecule has 1 fully saturated rings. The fourth-order valence-electron chi connectivity index (χ4n) is 1.41. The molecule has 0 spiro atoms. The molecule has 13 heavy (non-hydrogen) atoms. The zero-order valence-electron chi connectivity index (χ0n) is 8.14. The van der Waals surface area contributed by atoms with Crippen LogP contribution in [0, 0.1) is 0 Å². The highest BCUT2D eigenvalue weighted by Gasteiger charge is 2.12. The third kappa shape index (κ3) is 4.24. The zero-order chi connectivity index (χ0) is 9.52. The third-order valence-electron chi connectivity index (χ3n) is 2.21. The Kier molecular flexibility index (Phi) is 4.78. The van der Waals surface area contributed by atoms with E-state index >= 15 is 0 Å². The average molecular weight is 186 g/mol. The minimum atomic E-state index is 0.0452. The lowest BCUT2D eigenvalue weighted by Gasteiger charge is -2.22. The highest BCUT2D eigenvalue weighted by atomic mass is 16.5. The number of ether oxygens (including phenoxy) is 1. The molecule has 0 unspecified atom stereocenters. The number of rotatable bonds is 4. The van der Waals surface area contributed by atoms with Crippen LogP contribution in [0.4, 0.5) is 0 Å². The molecule has 1 aliphatic rings. The fourth-order valence-corrected chi connectivity index (χ4v) is 1.41. The molecule has 1 atom stereocenters. The molecule has 0 aromatic rings. The second-order valence-electron chi connectivity index (χ2n) is 3.26. The van der Waals surface area contributed by atoms with Crippen molar-refractivity contribution in [2.75, 3.05) is 26.7 Å². The maximum atomic E-state index is 10.8. The lowest BCUT2D eigenvalue weighted by atomic mass is 10.1. The monoisotopic (exact) mass is 186 g/mol. The van der Waals surface area contributed by atoms with Gasteiger partial charge in [-0.3, -0.25) is 4.79 Å². The molecule has 76 valence electrons. The minimum absolute atomic E-state index is 0.0452. The van der Waals surface area contributed by atoms with Crippen LogP contribution in [0.2, 0.25) is 0 Å². The number of nitrogens with one attached hydrogen (secondary N) is 2. The van der Waals surface area contributed by atoms with Crippen LogP contribution in [0.3, 0.4) is 0 Å². The Morgan fingerprint density at radius 1 is 1.69 bits per heavy atom. The number of hydrogen-bond acceptors (Lipinski definition) is 3. The molecule has 1 saturated heterocycles. The van der Waals surface area contributed by atoms with Crippen molar-refractivity contribution in [3.05, 3.63) is 0 Å². The van der Waals surface area contributed by atoms with Crippen molar-refractivity contribution in [1.29, 1.82) is 0 Å². The van der Waals surface area contributed by atoms with Gasteiger partial charge in [0, 0.05) is 20.0 Å². The summed E-state index contributed by atoms with van der Waals surface area (Å²) in [6.45, 7) is 2.55. The van der Waals surface area contributed by atoms with Crippen molar-refractivity contribution in [2.24, 2.45) is 0 Å². The van der Waals surface area contributed by atoms with E-state index in [9.17, 15) is 4.79 Å². The van der Waals surface area contributed by atoms with E-state index in [1.54, 1.807) is 7.05 Å². The van der Waals surface area contributed by atoms with Crippen LogP contribution in [-0.4, -0.2) is 38.8 Å². The minimum Gasteiger partial charge on any atom is -0.376 e. The summed E-state index contributed by atoms with van der Waals surface area (Å²) in [6.07, 6.45) is 3.05. The Bertz CT molecular complexity index is 156. The summed E-state index contributed by atoms with van der Waals surface area (Å²) in [4.78, 5) is 10.8. The molecule has 1 aliphatic heterocycles. The van der Waals surface area contributed by atoms with Gasteiger partial charge < -0.3 is 15.4 Å². The molecule has 0 saturated carbocycles. The lowest BCUT2D eigenvalue weighted by Crippen LogP contribution is -2.36. The van der Waals surface area contributed by atoms with Crippen molar-refractivity contribution in [1.82, 2.24) is 10.6 Å². The van der Waals surface area contributed by atoms with E-state index in [-0.39, 0.29) is 5.91 Å². The molecule has 0 radical (unpaired) electrons. The van der Waals surface area contributed by atoms with Gasteiger partial charge in [-0.2, -0.15) is 0 Å². The van der Waals surface area contributed by atoms with Gasteiger partial charge in [-0.05, 0) is 19.4 Å². The van der Waals surface area contributed by atoms with Crippen LogP contribution in [0.1, 0.15) is 19.3 Å². The quantitative estimate of drug-likeness (QED) is 0.644. The maximum absolute atomic E-state index is 10.8. The molecular formula is C9H18N2O2. The van der Waals surface area contributed by atoms with E-state index < -0.39 is 0 Å². The van der Waals surface area contributed by atoms with Crippen molar-refractivity contribution >= 4 is 5.91 Å². The predicted molar refractivity (Wildman–Crippen MR) is 50.5 cm³/mol. The van der Waals surface area contributed by atoms with Crippen LogP contribution >= 0.6 is 0 Å². The van der Waals surface area contributed by atoms with Gasteiger partial charge in [-0.15, -0.1) is 0 Å². The Labute approximate surface area is 79.0 Å². The van der Waals surface area contributed by atoms with Crippen LogP contribution in [-0.2, 0) is 9.53 Å². The first-order chi connectivity index (χ1) is 6.33. The second kappa shape index (κ2) is 5.94. The molecule has 4 nitrogen and oxygen atoms in total. The van der Waals surface area contributed by atoms with E-state index in [4.69, 9.17) is 4.74 Å². The van der Waals surface area contributed by atoms with Crippen molar-refractivity contribution < 1.29 is 9.53 Å². The van der Waals surface area contributed by atoms with Gasteiger partial charge in [0.15, 0.2) is 0 Å². The molecule has 1 rings (SSSR count). The fraction of sp³-hybridized carbons (Fsp3) is 0.889. The molecular weight excluding hydrogens is 168 g/mol. The number of carbonyl (C=O) groups is 1. The third-order valence-corrected chi connectivity index (χ3v) is 2.21. The first kappa shape index (κ1) is 10.5. The maximum Gasteiger partial charge on any atom is 0.222 e. The Balaban J connectivity index is 2.01. The topological polar surface area (TPSA) is 50.4 Å². The molecule has 0 bridgehead atoms. The number of carbonyl (C=O) groups excluding carboxylic acids is 1. The normalized spacial score (nSPS) is 22.7. The van der Waals surface area contributed by atoms with E-state index in [1.165, 1.54) is 6.42 Å². The largest absolute Gasteiger partial charge is 0.376 e. The average Bonchev–Trinajstić information content (AvgIpc) is 2.19. The van der Waals surface area contributed by atoms with Gasteiger partial charge in [0.1, 0.15) is 0 Å². The zero-order valence-corrected chi connectivity index (χ0v) is 8.14. The van der Waals surface area contributed by atoms with Crippen molar-refractivity contribution in [2.45, 2.75) is 25.4 Å². The van der Waals surface area contributed by atoms with Crippen LogP contribution in [0.15, 0.2) is 0 Å². The Hall–Kier alpha value is -0.610. The summed E-state index contributed by atoms with van der Waals surface area (Å²) in [5, 5.41) is 5.83. The SMILES string of the molecule is CNC(=O)CCO[C@H]1CCCNC1. The molecule has 1 amide bonds. The molecule has 1 heterocycles. The smallest absolute Gasteiger partial charge is 0.222 e. The Morgan fingerprint density at radius 2 is 2.54 bits per heavy atom. The summed E-state index contributed by atoms with van der Waals surface area (Å²) >= 11 is 0. The van der Waals surface area contributed by atoms with E-state index in [0.29, 0.717) is 19.1 Å². The highest BCUT2D eigenvalue weighted by molar-refractivity contribution is 5.75. The summed E-state index contributed by atoms with van der Waals surface area (Å²) in [5.74, 6) is 0.0452. The van der Waals surface area contributed by atoms with E-state index in [0.717, 1.165) is 19.5 Å². The van der Waals surface area contributed by atoms with Crippen molar-refractivity contribution in [3.8, 4) is 0 Å². The molecule has 0 aromatic carbocycles. The van der Waals surface area contributed by atoms with Gasteiger partial charge in [-0.1, -0.05) is 0 Å². The van der Waals surface area contributed by atoms with Crippen LogP contribution in [0.25, 0.3) is 0 Å². The van der Waals surface area contributed by atoms with Crippen LogP contribution < -0.4 is 10.6 Å². The number of hydrogen-bond donors (Lipinski definition) is 2. The predicted octanol–water partition coefficient (Wildman–Crippen LogP) is -0.109. The molecule has 0 aromatic heterocycles. The summed E-state index contributed by atoms with van der Waals surface area (Å²) in [6, 6.07) is 0. The van der Waals surface area contributed by atoms with E-state index in [1.807, 2.05) is 0 Å². The Morgan fingerprint density at radius 3 is 3.15 bits per heavy atom. The second-order valence-corrected chi connectivity index (χ2v) is 3.26. The van der Waals surface area contributed by atoms with Gasteiger partial charge in [0.05, 0.1) is 12.7 Å². The molecule has 4 heteroatoms. The standard InChI is InChI=1S/C9H18N2O2/c1-10-9(12)4-6-13-8-3-2-5-11-7-8/h8,11H,2-7H2,1H3,(H,10,12)/t8-/m0/s1. The van der Waals surface area contributed by atoms with Crippen LogP contribution in [0.5, 0.6) is 0 Å². The summed E-state index contributed by atoms with van der Waals surface area (Å²) in [5.41, 5.74) is 0. The van der Waals surface area contributed by atoms with Gasteiger partial charge >= 0.3 is 0 Å². The lowest BCUT2D eigenvalue weighted by molar-refractivity contribution is -0.122. The summed E-state index contributed by atoms with van der Waals surface area (Å²) < 4.78 is 5.53. The van der Waals surface area contributed by atoms with Crippen molar-refractivity contribution in [3.63, 3.8) is 0 Å². The number of amides is 1. The van der Waals surface area contributed by atoms with Gasteiger partial charge in [0.2, 0.25) is 5.91 Å². The molecule has 2 N–H and O–H groups in total. The molecule has 0 aliphatic carbocycles. The first-order valence-electron chi connectivity index (χ1n) is 4.86. The van der Waals surface area contributed by atoms with E-state index in [2.05, 4.69) is 10.6 Å². The first-order valence-corrected chi connectivity index (χ1v) is 4.86. The summed E-state index contributed by atoms with van der Waals surface area (Å²) in [7, 11) is 1.64. The highest BCUT2D eigenvalue weighted by Crippen LogP contribution is 2.05.